The fourth-order valence-corrected chi connectivity index (χ4v) is 5.31. The van der Waals surface area contributed by atoms with Crippen LogP contribution < -0.4 is 0 Å². The van der Waals surface area contributed by atoms with Gasteiger partial charge in [0.25, 0.3) is 0 Å². The van der Waals surface area contributed by atoms with Crippen LogP contribution in [-0.4, -0.2) is 58.9 Å². The first-order chi connectivity index (χ1) is 12.1. The molecule has 0 spiro atoms. The van der Waals surface area contributed by atoms with Gasteiger partial charge >= 0.3 is 0 Å². The summed E-state index contributed by atoms with van der Waals surface area (Å²) in [4.78, 5) is 9.02. The lowest BCUT2D eigenvalue weighted by Gasteiger charge is -2.10. The second-order valence-corrected chi connectivity index (χ2v) is 10.5. The number of hydrogen-bond acceptors (Lipinski definition) is 10. The molecule has 0 unspecified atom stereocenters. The van der Waals surface area contributed by atoms with Gasteiger partial charge in [-0.1, -0.05) is 12.1 Å². The summed E-state index contributed by atoms with van der Waals surface area (Å²) in [5.41, 5.74) is 1.36. The van der Waals surface area contributed by atoms with Gasteiger partial charge in [0.05, 0.1) is 31.3 Å². The van der Waals surface area contributed by atoms with Crippen LogP contribution in [0.5, 0.6) is 0 Å². The highest BCUT2D eigenvalue weighted by atomic mass is 32.2. The van der Waals surface area contributed by atoms with Gasteiger partial charge in [0.15, 0.2) is 0 Å². The van der Waals surface area contributed by atoms with E-state index < -0.39 is 31.7 Å². The summed E-state index contributed by atoms with van der Waals surface area (Å²) >= 11 is 2.58. The molecular formula is C14H16N2O6S4-2. The molecule has 0 aliphatic carbocycles. The summed E-state index contributed by atoms with van der Waals surface area (Å²) in [6.07, 6.45) is 0.396. The molecule has 1 heterocycles. The fraction of sp³-hybridized carbons (Fsp3) is 0.429. The first-order valence-corrected chi connectivity index (χ1v) is 12.7. The molecule has 0 aliphatic heterocycles. The molecule has 12 heteroatoms. The van der Waals surface area contributed by atoms with Crippen molar-refractivity contribution >= 4 is 54.8 Å². The molecule has 1 aromatic heterocycles. The number of aromatic nitrogens is 2. The normalized spacial score (nSPS) is 12.5. The van der Waals surface area contributed by atoms with Gasteiger partial charge in [0.2, 0.25) is 0 Å². The van der Waals surface area contributed by atoms with E-state index in [9.17, 15) is 25.9 Å². The minimum absolute atomic E-state index is 0.198. The molecule has 0 saturated carbocycles. The molecule has 0 bridgehead atoms. The maximum absolute atomic E-state index is 10.7. The van der Waals surface area contributed by atoms with Crippen LogP contribution in [-0.2, 0) is 20.2 Å². The standard InChI is InChI=1S/C14H18N2O6S4/c17-25(18,19)9-3-7-23-13-14(24-8-4-10-26(20,21)22)16-12-6-2-1-5-11(12)15-13/h1-2,5-6H,3-4,7-10H2,(H,17,18,19)(H,20,21,22)/p-2. The zero-order valence-corrected chi connectivity index (χ0v) is 16.8. The topological polar surface area (TPSA) is 140 Å². The highest BCUT2D eigenvalue weighted by Crippen LogP contribution is 2.30. The van der Waals surface area contributed by atoms with Crippen molar-refractivity contribution in [3.05, 3.63) is 24.3 Å². The van der Waals surface area contributed by atoms with Crippen LogP contribution in [0.3, 0.4) is 0 Å². The Hall–Kier alpha value is -0.920. The van der Waals surface area contributed by atoms with Crippen LogP contribution in [0.4, 0.5) is 0 Å². The number of para-hydroxylation sites is 2. The quantitative estimate of drug-likeness (QED) is 0.307. The second kappa shape index (κ2) is 9.33. The largest absolute Gasteiger partial charge is 0.748 e. The average molecular weight is 437 g/mol. The van der Waals surface area contributed by atoms with E-state index >= 15 is 0 Å². The molecule has 0 aliphatic rings. The van der Waals surface area contributed by atoms with Crippen LogP contribution in [0.1, 0.15) is 12.8 Å². The number of thioether (sulfide) groups is 2. The fourth-order valence-electron chi connectivity index (χ4n) is 1.96. The Morgan fingerprint density at radius 1 is 0.769 bits per heavy atom. The summed E-state index contributed by atoms with van der Waals surface area (Å²) < 4.78 is 64.0. The van der Waals surface area contributed by atoms with Crippen molar-refractivity contribution in [3.63, 3.8) is 0 Å². The molecule has 2 aromatic rings. The van der Waals surface area contributed by atoms with Crippen molar-refractivity contribution in [2.45, 2.75) is 22.9 Å². The molecule has 1 aromatic carbocycles. The Morgan fingerprint density at radius 2 is 1.15 bits per heavy atom. The summed E-state index contributed by atoms with van der Waals surface area (Å²) in [6.45, 7) is 0. The smallest absolute Gasteiger partial charge is 0.129 e. The lowest BCUT2D eigenvalue weighted by Crippen LogP contribution is -2.05. The highest BCUT2D eigenvalue weighted by molar-refractivity contribution is 8.02. The van der Waals surface area contributed by atoms with E-state index in [1.807, 2.05) is 12.1 Å². The van der Waals surface area contributed by atoms with E-state index in [4.69, 9.17) is 0 Å². The first kappa shape index (κ1) is 21.4. The zero-order valence-electron chi connectivity index (χ0n) is 13.5. The van der Waals surface area contributed by atoms with Crippen molar-refractivity contribution in [1.82, 2.24) is 9.97 Å². The van der Waals surface area contributed by atoms with Crippen LogP contribution in [0, 0.1) is 0 Å². The Labute approximate surface area is 160 Å². The summed E-state index contributed by atoms with van der Waals surface area (Å²) in [6, 6.07) is 7.24. The maximum atomic E-state index is 10.7. The minimum atomic E-state index is -4.25. The lowest BCUT2D eigenvalue weighted by molar-refractivity contribution is 0.460. The van der Waals surface area contributed by atoms with Crippen molar-refractivity contribution in [2.75, 3.05) is 23.0 Å². The van der Waals surface area contributed by atoms with Crippen LogP contribution in [0.25, 0.3) is 11.0 Å². The minimum Gasteiger partial charge on any atom is -0.748 e. The maximum Gasteiger partial charge on any atom is 0.129 e. The first-order valence-electron chi connectivity index (χ1n) is 7.53. The monoisotopic (exact) mass is 436 g/mol. The number of hydrogen-bond donors (Lipinski definition) is 0. The van der Waals surface area contributed by atoms with E-state index in [1.54, 1.807) is 12.1 Å². The molecule has 0 saturated heterocycles. The van der Waals surface area contributed by atoms with Crippen molar-refractivity contribution < 1.29 is 25.9 Å². The van der Waals surface area contributed by atoms with E-state index in [2.05, 4.69) is 9.97 Å². The van der Waals surface area contributed by atoms with Gasteiger partial charge in [-0.05, 0) is 25.0 Å². The van der Waals surface area contributed by atoms with Gasteiger partial charge in [0, 0.05) is 23.0 Å². The second-order valence-electron chi connectivity index (χ2n) is 5.25. The molecule has 0 atom stereocenters. The Bertz CT molecular complexity index is 884. The van der Waals surface area contributed by atoms with Crippen molar-refractivity contribution in [2.24, 2.45) is 0 Å². The highest BCUT2D eigenvalue weighted by Gasteiger charge is 2.11. The molecule has 0 radical (unpaired) electrons. The molecule has 0 fully saturated rings. The average Bonchev–Trinajstić information content (AvgIpc) is 2.53. The predicted octanol–water partition coefficient (Wildman–Crippen LogP) is 1.68. The SMILES string of the molecule is O=S(=O)([O-])CCCSc1nc2ccccc2nc1SCCCS(=O)(=O)[O-]. The summed E-state index contributed by atoms with van der Waals surface area (Å²) in [5.74, 6) is -0.107. The third kappa shape index (κ3) is 7.76. The van der Waals surface area contributed by atoms with E-state index in [0.717, 1.165) is 0 Å². The van der Waals surface area contributed by atoms with E-state index in [1.165, 1.54) is 23.5 Å². The van der Waals surface area contributed by atoms with E-state index in [0.29, 0.717) is 32.6 Å². The molecule has 0 amide bonds. The summed E-state index contributed by atoms with van der Waals surface area (Å²) in [7, 11) is -8.49. The molecular weight excluding hydrogens is 420 g/mol. The number of fused-ring (bicyclic) bond motifs is 1. The van der Waals surface area contributed by atoms with Crippen molar-refractivity contribution in [3.8, 4) is 0 Å². The third-order valence-electron chi connectivity index (χ3n) is 3.06. The Balaban J connectivity index is 2.08. The van der Waals surface area contributed by atoms with Crippen molar-refractivity contribution in [1.29, 1.82) is 0 Å². The lowest BCUT2D eigenvalue weighted by atomic mass is 10.3. The number of benzene rings is 1. The van der Waals surface area contributed by atoms with Gasteiger partial charge < -0.3 is 9.11 Å². The van der Waals surface area contributed by atoms with Crippen LogP contribution in [0.15, 0.2) is 34.3 Å². The Kier molecular flexibility index (Phi) is 7.67. The molecule has 8 nitrogen and oxygen atoms in total. The predicted molar refractivity (Wildman–Crippen MR) is 99.3 cm³/mol. The van der Waals surface area contributed by atoms with Crippen LogP contribution in [0.2, 0.25) is 0 Å². The van der Waals surface area contributed by atoms with Gasteiger partial charge in [-0.3, -0.25) is 0 Å². The molecule has 0 N–H and O–H groups in total. The van der Waals surface area contributed by atoms with Gasteiger partial charge in [-0.15, -0.1) is 23.5 Å². The molecule has 2 rings (SSSR count). The van der Waals surface area contributed by atoms with Gasteiger partial charge in [-0.25, -0.2) is 26.8 Å². The molecule has 144 valence electrons. The van der Waals surface area contributed by atoms with Gasteiger partial charge in [0.1, 0.15) is 10.1 Å². The van der Waals surface area contributed by atoms with Gasteiger partial charge in [-0.2, -0.15) is 0 Å². The molecule has 26 heavy (non-hydrogen) atoms. The zero-order chi connectivity index (χ0) is 19.2. The number of nitrogens with zero attached hydrogens (tertiary/aromatic N) is 2. The van der Waals surface area contributed by atoms with E-state index in [-0.39, 0.29) is 12.8 Å². The summed E-state index contributed by atoms with van der Waals surface area (Å²) in [5, 5.41) is 1.17. The Morgan fingerprint density at radius 3 is 1.50 bits per heavy atom. The third-order valence-corrected chi connectivity index (χ3v) is 6.87. The van der Waals surface area contributed by atoms with Crippen LogP contribution >= 0.6 is 23.5 Å². The number of rotatable bonds is 10.